The van der Waals surface area contributed by atoms with E-state index >= 15 is 0 Å². The van der Waals surface area contributed by atoms with E-state index in [4.69, 9.17) is 12.2 Å². The van der Waals surface area contributed by atoms with E-state index in [1.165, 1.54) is 32.1 Å². The second kappa shape index (κ2) is 10.9. The van der Waals surface area contributed by atoms with Gasteiger partial charge in [-0.25, -0.2) is 0 Å². The highest BCUT2D eigenvalue weighted by molar-refractivity contribution is 5.77. The van der Waals surface area contributed by atoms with Crippen LogP contribution < -0.4 is 11.1 Å². The van der Waals surface area contributed by atoms with Gasteiger partial charge in [-0.2, -0.15) is 0 Å². The van der Waals surface area contributed by atoms with E-state index in [0.29, 0.717) is 12.5 Å². The van der Waals surface area contributed by atoms with Crippen LogP contribution in [0.1, 0.15) is 45.4 Å². The SMILES string of the molecule is C#CCNC(N)=NCCCCCCCC. The quantitative estimate of drug-likeness (QED) is 0.277. The molecule has 0 fully saturated rings. The first-order chi connectivity index (χ1) is 7.31. The summed E-state index contributed by atoms with van der Waals surface area (Å²) < 4.78 is 0. The molecule has 0 unspecified atom stereocenters. The van der Waals surface area contributed by atoms with Gasteiger partial charge in [-0.1, -0.05) is 44.9 Å². The van der Waals surface area contributed by atoms with Crippen molar-refractivity contribution in [1.29, 1.82) is 0 Å². The first-order valence-corrected chi connectivity index (χ1v) is 5.78. The number of hydrogen-bond acceptors (Lipinski definition) is 1. The van der Waals surface area contributed by atoms with Gasteiger partial charge in [0, 0.05) is 6.54 Å². The Morgan fingerprint density at radius 3 is 2.60 bits per heavy atom. The summed E-state index contributed by atoms with van der Waals surface area (Å²) in [5.41, 5.74) is 5.57. The predicted octanol–water partition coefficient (Wildman–Crippen LogP) is 1.88. The minimum Gasteiger partial charge on any atom is -0.370 e. The zero-order chi connectivity index (χ0) is 11.4. The maximum atomic E-state index is 5.57. The van der Waals surface area contributed by atoms with Gasteiger partial charge in [-0.15, -0.1) is 6.42 Å². The van der Waals surface area contributed by atoms with Crippen LogP contribution in [0.4, 0.5) is 0 Å². The molecule has 0 aliphatic carbocycles. The number of terminal acetylenes is 1. The monoisotopic (exact) mass is 209 g/mol. The normalized spacial score (nSPS) is 11.1. The molecule has 0 saturated heterocycles. The van der Waals surface area contributed by atoms with E-state index in [1.54, 1.807) is 0 Å². The molecule has 0 aromatic carbocycles. The molecule has 15 heavy (non-hydrogen) atoms. The maximum Gasteiger partial charge on any atom is 0.189 e. The maximum absolute atomic E-state index is 5.57. The molecule has 0 rings (SSSR count). The van der Waals surface area contributed by atoms with E-state index in [0.717, 1.165) is 13.0 Å². The first kappa shape index (κ1) is 13.8. The van der Waals surface area contributed by atoms with Gasteiger partial charge in [0.25, 0.3) is 0 Å². The molecular formula is C12H23N3. The molecule has 0 spiro atoms. The van der Waals surface area contributed by atoms with Crippen LogP contribution in [0.5, 0.6) is 0 Å². The van der Waals surface area contributed by atoms with Gasteiger partial charge >= 0.3 is 0 Å². The molecule has 0 saturated carbocycles. The average Bonchev–Trinajstić information content (AvgIpc) is 2.25. The summed E-state index contributed by atoms with van der Waals surface area (Å²) in [4.78, 5) is 4.17. The zero-order valence-electron chi connectivity index (χ0n) is 9.76. The van der Waals surface area contributed by atoms with Crippen LogP contribution in [0, 0.1) is 12.3 Å². The van der Waals surface area contributed by atoms with E-state index in [2.05, 4.69) is 23.2 Å². The Bertz CT molecular complexity index is 203. The lowest BCUT2D eigenvalue weighted by atomic mass is 10.1. The highest BCUT2D eigenvalue weighted by Crippen LogP contribution is 2.04. The van der Waals surface area contributed by atoms with Gasteiger partial charge in [0.2, 0.25) is 0 Å². The van der Waals surface area contributed by atoms with Crippen LogP contribution >= 0.6 is 0 Å². The molecule has 3 N–H and O–H groups in total. The van der Waals surface area contributed by atoms with Crippen molar-refractivity contribution < 1.29 is 0 Å². The summed E-state index contributed by atoms with van der Waals surface area (Å²) in [6.07, 6.45) is 12.7. The summed E-state index contributed by atoms with van der Waals surface area (Å²) in [6.45, 7) is 3.48. The summed E-state index contributed by atoms with van der Waals surface area (Å²) in [6, 6.07) is 0. The molecule has 0 radical (unpaired) electrons. The number of nitrogens with zero attached hydrogens (tertiary/aromatic N) is 1. The Labute approximate surface area is 93.5 Å². The second-order valence-electron chi connectivity index (χ2n) is 3.59. The third-order valence-corrected chi connectivity index (χ3v) is 2.17. The molecule has 0 amide bonds. The van der Waals surface area contributed by atoms with Crippen LogP contribution in [0.15, 0.2) is 4.99 Å². The largest absolute Gasteiger partial charge is 0.370 e. The number of unbranched alkanes of at least 4 members (excludes halogenated alkanes) is 5. The number of hydrogen-bond donors (Lipinski definition) is 2. The standard InChI is InChI=1S/C12H23N3/c1-3-5-6-7-8-9-11-15-12(13)14-10-4-2/h2H,3,5-11H2,1H3,(H3,13,14,15). The van der Waals surface area contributed by atoms with Crippen molar-refractivity contribution in [2.75, 3.05) is 13.1 Å². The smallest absolute Gasteiger partial charge is 0.189 e. The van der Waals surface area contributed by atoms with Crippen molar-refractivity contribution in [1.82, 2.24) is 5.32 Å². The van der Waals surface area contributed by atoms with Crippen molar-refractivity contribution in [2.45, 2.75) is 45.4 Å². The number of nitrogens with two attached hydrogens (primary N) is 1. The molecule has 0 atom stereocenters. The third kappa shape index (κ3) is 10.8. The van der Waals surface area contributed by atoms with E-state index < -0.39 is 0 Å². The van der Waals surface area contributed by atoms with Crippen molar-refractivity contribution >= 4 is 5.96 Å². The highest BCUT2D eigenvalue weighted by atomic mass is 15.1. The van der Waals surface area contributed by atoms with Gasteiger partial charge in [-0.3, -0.25) is 4.99 Å². The molecule has 0 aliphatic heterocycles. The second-order valence-corrected chi connectivity index (χ2v) is 3.59. The van der Waals surface area contributed by atoms with Crippen LogP contribution in [-0.2, 0) is 0 Å². The topological polar surface area (TPSA) is 50.4 Å². The van der Waals surface area contributed by atoms with E-state index in [9.17, 15) is 0 Å². The molecule has 0 aromatic rings. The Balaban J connectivity index is 3.25. The van der Waals surface area contributed by atoms with Crippen molar-refractivity contribution in [3.63, 3.8) is 0 Å². The summed E-state index contributed by atoms with van der Waals surface area (Å²) in [5, 5.41) is 2.84. The van der Waals surface area contributed by atoms with Crippen molar-refractivity contribution in [2.24, 2.45) is 10.7 Å². The molecule has 0 heterocycles. The van der Waals surface area contributed by atoms with Crippen LogP contribution in [0.25, 0.3) is 0 Å². The number of nitrogens with one attached hydrogen (secondary N) is 1. The number of rotatable bonds is 8. The van der Waals surface area contributed by atoms with E-state index in [1.807, 2.05) is 0 Å². The Morgan fingerprint density at radius 1 is 1.27 bits per heavy atom. The Hall–Kier alpha value is -1.17. The Morgan fingerprint density at radius 2 is 1.93 bits per heavy atom. The fourth-order valence-corrected chi connectivity index (χ4v) is 1.29. The Kier molecular flexibility index (Phi) is 10.1. The molecule has 0 bridgehead atoms. The van der Waals surface area contributed by atoms with Crippen molar-refractivity contribution in [3.8, 4) is 12.3 Å². The minimum absolute atomic E-state index is 0.450. The number of aliphatic imine (C=N–C) groups is 1. The molecule has 0 aromatic heterocycles. The van der Waals surface area contributed by atoms with Crippen LogP contribution in [-0.4, -0.2) is 19.0 Å². The van der Waals surface area contributed by atoms with E-state index in [-0.39, 0.29) is 0 Å². The zero-order valence-corrected chi connectivity index (χ0v) is 9.76. The fraction of sp³-hybridized carbons (Fsp3) is 0.750. The van der Waals surface area contributed by atoms with Gasteiger partial charge in [0.1, 0.15) is 0 Å². The van der Waals surface area contributed by atoms with Crippen LogP contribution in [0.2, 0.25) is 0 Å². The molecule has 0 aliphatic rings. The van der Waals surface area contributed by atoms with Gasteiger partial charge in [0.05, 0.1) is 6.54 Å². The highest BCUT2D eigenvalue weighted by Gasteiger charge is 1.90. The van der Waals surface area contributed by atoms with Crippen LogP contribution in [0.3, 0.4) is 0 Å². The van der Waals surface area contributed by atoms with Gasteiger partial charge < -0.3 is 11.1 Å². The van der Waals surface area contributed by atoms with Crippen molar-refractivity contribution in [3.05, 3.63) is 0 Å². The molecular weight excluding hydrogens is 186 g/mol. The van der Waals surface area contributed by atoms with Gasteiger partial charge in [-0.05, 0) is 6.42 Å². The first-order valence-electron chi connectivity index (χ1n) is 5.78. The minimum atomic E-state index is 0.450. The summed E-state index contributed by atoms with van der Waals surface area (Å²) >= 11 is 0. The van der Waals surface area contributed by atoms with Gasteiger partial charge in [0.15, 0.2) is 5.96 Å². The predicted molar refractivity (Wildman–Crippen MR) is 66.7 cm³/mol. The fourth-order valence-electron chi connectivity index (χ4n) is 1.29. The summed E-state index contributed by atoms with van der Waals surface area (Å²) in [5.74, 6) is 2.91. The lowest BCUT2D eigenvalue weighted by Gasteiger charge is -2.01. The lowest BCUT2D eigenvalue weighted by molar-refractivity contribution is 0.612. The molecule has 86 valence electrons. The molecule has 3 nitrogen and oxygen atoms in total. The summed E-state index contributed by atoms with van der Waals surface area (Å²) in [7, 11) is 0. The average molecular weight is 209 g/mol. The lowest BCUT2D eigenvalue weighted by Crippen LogP contribution is -2.31. The molecule has 3 heteroatoms. The number of guanidine groups is 1. The third-order valence-electron chi connectivity index (χ3n) is 2.17.